The molecular weight excluding hydrogens is 210 g/mol. The minimum atomic E-state index is -0.575. The van der Waals surface area contributed by atoms with Crippen LogP contribution in [-0.2, 0) is 6.42 Å². The van der Waals surface area contributed by atoms with E-state index in [9.17, 15) is 13.9 Å². The Kier molecular flexibility index (Phi) is 3.54. The molecule has 1 N–H and O–H groups in total. The lowest BCUT2D eigenvalue weighted by Gasteiger charge is -2.10. The van der Waals surface area contributed by atoms with Gasteiger partial charge in [-0.25, -0.2) is 8.78 Å². The minimum absolute atomic E-state index is 0.277. The molecule has 16 heavy (non-hydrogen) atoms. The van der Waals surface area contributed by atoms with Crippen LogP contribution in [-0.4, -0.2) is 11.2 Å². The van der Waals surface area contributed by atoms with Crippen LogP contribution in [0.3, 0.4) is 0 Å². The van der Waals surface area contributed by atoms with Crippen molar-refractivity contribution in [3.05, 3.63) is 35.4 Å². The van der Waals surface area contributed by atoms with Crippen molar-refractivity contribution in [1.82, 2.24) is 0 Å². The maximum absolute atomic E-state index is 13.3. The molecule has 1 atom stereocenters. The quantitative estimate of drug-likeness (QED) is 0.818. The normalized spacial score (nSPS) is 17.4. The summed E-state index contributed by atoms with van der Waals surface area (Å²) in [7, 11) is 0. The molecule has 1 saturated carbocycles. The van der Waals surface area contributed by atoms with E-state index >= 15 is 0 Å². The van der Waals surface area contributed by atoms with Gasteiger partial charge in [0.2, 0.25) is 0 Å². The first kappa shape index (κ1) is 11.5. The van der Waals surface area contributed by atoms with Gasteiger partial charge in [0, 0.05) is 12.5 Å². The molecule has 1 aromatic rings. The Morgan fingerprint density at radius 3 is 2.69 bits per heavy atom. The number of benzene rings is 1. The highest BCUT2D eigenvalue weighted by Crippen LogP contribution is 2.34. The fraction of sp³-hybridized carbons (Fsp3) is 0.538. The third-order valence-corrected chi connectivity index (χ3v) is 3.08. The largest absolute Gasteiger partial charge is 0.393 e. The molecule has 0 heterocycles. The van der Waals surface area contributed by atoms with E-state index in [1.165, 1.54) is 25.0 Å². The summed E-state index contributed by atoms with van der Waals surface area (Å²) in [5, 5.41) is 9.71. The Morgan fingerprint density at radius 1 is 1.31 bits per heavy atom. The number of aliphatic hydroxyl groups is 1. The molecule has 0 aliphatic heterocycles. The maximum atomic E-state index is 13.3. The molecule has 0 aromatic heterocycles. The van der Waals surface area contributed by atoms with Gasteiger partial charge in [0.1, 0.15) is 11.6 Å². The van der Waals surface area contributed by atoms with Crippen LogP contribution in [0, 0.1) is 17.6 Å². The Balaban J connectivity index is 1.86. The zero-order chi connectivity index (χ0) is 11.5. The van der Waals surface area contributed by atoms with E-state index in [2.05, 4.69) is 0 Å². The van der Waals surface area contributed by atoms with Gasteiger partial charge in [0.05, 0.1) is 6.10 Å². The van der Waals surface area contributed by atoms with Crippen molar-refractivity contribution < 1.29 is 13.9 Å². The van der Waals surface area contributed by atoms with E-state index in [0.29, 0.717) is 12.0 Å². The van der Waals surface area contributed by atoms with Crippen LogP contribution in [0.25, 0.3) is 0 Å². The predicted octanol–water partition coefficient (Wildman–Crippen LogP) is 3.06. The lowest BCUT2D eigenvalue weighted by molar-refractivity contribution is 0.158. The van der Waals surface area contributed by atoms with Crippen molar-refractivity contribution in [2.24, 2.45) is 5.92 Å². The van der Waals surface area contributed by atoms with Crippen molar-refractivity contribution in [3.8, 4) is 0 Å². The minimum Gasteiger partial charge on any atom is -0.393 e. The van der Waals surface area contributed by atoms with Crippen LogP contribution in [0.5, 0.6) is 0 Å². The predicted molar refractivity (Wildman–Crippen MR) is 58.0 cm³/mol. The number of aliphatic hydroxyl groups excluding tert-OH is 1. The first-order valence-electron chi connectivity index (χ1n) is 5.77. The fourth-order valence-corrected chi connectivity index (χ4v) is 1.88. The molecule has 0 saturated heterocycles. The fourth-order valence-electron chi connectivity index (χ4n) is 1.88. The summed E-state index contributed by atoms with van der Waals surface area (Å²) in [5.74, 6) is -0.369. The summed E-state index contributed by atoms with van der Waals surface area (Å²) in [6.45, 7) is 0. The summed E-state index contributed by atoms with van der Waals surface area (Å²) >= 11 is 0. The van der Waals surface area contributed by atoms with Crippen molar-refractivity contribution in [3.63, 3.8) is 0 Å². The van der Waals surface area contributed by atoms with Crippen LogP contribution in [0.15, 0.2) is 18.2 Å². The smallest absolute Gasteiger partial charge is 0.129 e. The van der Waals surface area contributed by atoms with Crippen LogP contribution >= 0.6 is 0 Å². The maximum Gasteiger partial charge on any atom is 0.129 e. The second-order valence-electron chi connectivity index (χ2n) is 4.61. The summed E-state index contributed by atoms with van der Waals surface area (Å²) in [4.78, 5) is 0. The van der Waals surface area contributed by atoms with Gasteiger partial charge in [0.15, 0.2) is 0 Å². The van der Waals surface area contributed by atoms with Crippen LogP contribution < -0.4 is 0 Å². The first-order valence-corrected chi connectivity index (χ1v) is 5.77. The van der Waals surface area contributed by atoms with Crippen molar-refractivity contribution >= 4 is 0 Å². The van der Waals surface area contributed by atoms with E-state index < -0.39 is 17.7 Å². The zero-order valence-corrected chi connectivity index (χ0v) is 9.13. The van der Waals surface area contributed by atoms with Gasteiger partial charge >= 0.3 is 0 Å². The van der Waals surface area contributed by atoms with Crippen molar-refractivity contribution in [2.75, 3.05) is 0 Å². The third kappa shape index (κ3) is 3.27. The molecule has 2 rings (SSSR count). The lowest BCUT2D eigenvalue weighted by atomic mass is 10.0. The molecule has 1 aromatic carbocycles. The van der Waals surface area contributed by atoms with Gasteiger partial charge in [-0.05, 0) is 30.4 Å². The molecule has 1 fully saturated rings. The Morgan fingerprint density at radius 2 is 2.06 bits per heavy atom. The van der Waals surface area contributed by atoms with Crippen LogP contribution in [0.1, 0.15) is 31.2 Å². The van der Waals surface area contributed by atoms with Crippen LogP contribution in [0.2, 0.25) is 0 Å². The second kappa shape index (κ2) is 4.91. The molecule has 0 amide bonds. The van der Waals surface area contributed by atoms with Crippen molar-refractivity contribution in [2.45, 2.75) is 38.2 Å². The highest BCUT2D eigenvalue weighted by atomic mass is 19.1. The second-order valence-corrected chi connectivity index (χ2v) is 4.61. The Labute approximate surface area is 94.1 Å². The van der Waals surface area contributed by atoms with E-state index in [0.717, 1.165) is 18.4 Å². The van der Waals surface area contributed by atoms with Gasteiger partial charge in [0.25, 0.3) is 0 Å². The van der Waals surface area contributed by atoms with E-state index in [-0.39, 0.29) is 6.42 Å². The van der Waals surface area contributed by atoms with Gasteiger partial charge in [-0.15, -0.1) is 0 Å². The lowest BCUT2D eigenvalue weighted by Crippen LogP contribution is -2.11. The molecule has 3 heteroatoms. The summed E-state index contributed by atoms with van der Waals surface area (Å²) in [6.07, 6.45) is 4.01. The molecule has 1 aliphatic rings. The number of hydrogen-bond donors (Lipinski definition) is 1. The molecule has 0 bridgehead atoms. The molecular formula is C13H16F2O. The van der Waals surface area contributed by atoms with Gasteiger partial charge in [-0.2, -0.15) is 0 Å². The standard InChI is InChI=1S/C13H16F2O/c14-11-5-4-10(13(15)8-11)7-12(16)6-3-9-1-2-9/h4-5,8-9,12,16H,1-3,6-7H2. The molecule has 1 aliphatic carbocycles. The zero-order valence-electron chi connectivity index (χ0n) is 9.13. The molecule has 88 valence electrons. The number of halogens is 2. The van der Waals surface area contributed by atoms with Crippen LogP contribution in [0.4, 0.5) is 8.78 Å². The highest BCUT2D eigenvalue weighted by Gasteiger charge is 2.22. The van der Waals surface area contributed by atoms with E-state index in [1.807, 2.05) is 0 Å². The highest BCUT2D eigenvalue weighted by molar-refractivity contribution is 5.19. The van der Waals surface area contributed by atoms with Gasteiger partial charge in [-0.3, -0.25) is 0 Å². The van der Waals surface area contributed by atoms with E-state index in [1.54, 1.807) is 0 Å². The summed E-state index contributed by atoms with van der Waals surface area (Å²) < 4.78 is 25.9. The number of hydrogen-bond acceptors (Lipinski definition) is 1. The third-order valence-electron chi connectivity index (χ3n) is 3.08. The van der Waals surface area contributed by atoms with E-state index in [4.69, 9.17) is 0 Å². The molecule has 0 radical (unpaired) electrons. The summed E-state index contributed by atoms with van der Waals surface area (Å²) in [6, 6.07) is 3.50. The topological polar surface area (TPSA) is 20.2 Å². The van der Waals surface area contributed by atoms with Gasteiger partial charge < -0.3 is 5.11 Å². The average Bonchev–Trinajstić information content (AvgIpc) is 3.03. The SMILES string of the molecule is OC(CCC1CC1)Cc1ccc(F)cc1F. The summed E-state index contributed by atoms with van der Waals surface area (Å²) in [5.41, 5.74) is 0.393. The van der Waals surface area contributed by atoms with Gasteiger partial charge in [-0.1, -0.05) is 18.9 Å². The number of rotatable bonds is 5. The Hall–Kier alpha value is -0.960. The molecule has 1 unspecified atom stereocenters. The Bertz CT molecular complexity index is 361. The first-order chi connectivity index (χ1) is 7.65. The van der Waals surface area contributed by atoms with Crippen molar-refractivity contribution in [1.29, 1.82) is 0 Å². The molecule has 0 spiro atoms. The molecule has 1 nitrogen and oxygen atoms in total. The average molecular weight is 226 g/mol. The monoisotopic (exact) mass is 226 g/mol.